The Morgan fingerprint density at radius 1 is 1.44 bits per heavy atom. The van der Waals surface area contributed by atoms with Crippen LogP contribution in [-0.4, -0.2) is 38.1 Å². The molecule has 1 fully saturated rings. The molecule has 2 unspecified atom stereocenters. The molecule has 1 saturated heterocycles. The molecule has 4 heteroatoms. The molecule has 0 saturated carbocycles. The number of likely N-dealkylation sites (tertiary alicyclic amines) is 1. The molecule has 0 radical (unpaired) electrons. The van der Waals surface area contributed by atoms with Crippen molar-refractivity contribution in [3.05, 3.63) is 34.9 Å². The summed E-state index contributed by atoms with van der Waals surface area (Å²) in [4.78, 5) is 14.1. The zero-order valence-corrected chi connectivity index (χ0v) is 11.5. The zero-order valence-electron chi connectivity index (χ0n) is 10.7. The van der Waals surface area contributed by atoms with Crippen molar-refractivity contribution in [2.45, 2.75) is 12.3 Å². The average Bonchev–Trinajstić information content (AvgIpc) is 2.38. The average molecular weight is 268 g/mol. The van der Waals surface area contributed by atoms with Crippen molar-refractivity contribution < 1.29 is 9.53 Å². The Balaban J connectivity index is 2.31. The van der Waals surface area contributed by atoms with Gasteiger partial charge in [0.1, 0.15) is 0 Å². The summed E-state index contributed by atoms with van der Waals surface area (Å²) < 4.78 is 4.92. The second-order valence-corrected chi connectivity index (χ2v) is 5.22. The molecule has 0 amide bonds. The third-order valence-corrected chi connectivity index (χ3v) is 3.97. The number of halogens is 1. The molecule has 0 aromatic heterocycles. The molecule has 1 heterocycles. The number of carbonyl (C=O) groups excluding carboxylic acids is 1. The number of esters is 1. The van der Waals surface area contributed by atoms with Crippen LogP contribution in [0.25, 0.3) is 0 Å². The molecule has 0 spiro atoms. The molecule has 0 N–H and O–H groups in total. The van der Waals surface area contributed by atoms with Crippen LogP contribution in [-0.2, 0) is 9.53 Å². The van der Waals surface area contributed by atoms with Gasteiger partial charge in [-0.25, -0.2) is 0 Å². The van der Waals surface area contributed by atoms with Crippen LogP contribution in [0.15, 0.2) is 24.3 Å². The number of hydrogen-bond donors (Lipinski definition) is 0. The predicted molar refractivity (Wildman–Crippen MR) is 71.8 cm³/mol. The van der Waals surface area contributed by atoms with Crippen molar-refractivity contribution >= 4 is 17.6 Å². The van der Waals surface area contributed by atoms with Crippen molar-refractivity contribution in [2.24, 2.45) is 5.92 Å². The van der Waals surface area contributed by atoms with Gasteiger partial charge in [-0.3, -0.25) is 4.79 Å². The smallest absolute Gasteiger partial charge is 0.309 e. The summed E-state index contributed by atoms with van der Waals surface area (Å²) in [7, 11) is 3.52. The van der Waals surface area contributed by atoms with Crippen molar-refractivity contribution in [3.63, 3.8) is 0 Å². The standard InChI is InChI=1S/C14H18ClNO2/c1-16-8-7-11(14(17)18-2)12(9-16)10-5-3-4-6-13(10)15/h3-6,11-12H,7-9H2,1-2H3. The minimum Gasteiger partial charge on any atom is -0.469 e. The Morgan fingerprint density at radius 2 is 2.17 bits per heavy atom. The summed E-state index contributed by atoms with van der Waals surface area (Å²) in [5.41, 5.74) is 1.04. The summed E-state index contributed by atoms with van der Waals surface area (Å²) in [5, 5.41) is 0.728. The first kappa shape index (κ1) is 13.4. The van der Waals surface area contributed by atoms with Crippen LogP contribution in [0.4, 0.5) is 0 Å². The molecule has 2 rings (SSSR count). The van der Waals surface area contributed by atoms with E-state index in [1.807, 2.05) is 24.3 Å². The molecule has 2 atom stereocenters. The second kappa shape index (κ2) is 5.72. The number of carbonyl (C=O) groups is 1. The van der Waals surface area contributed by atoms with E-state index in [9.17, 15) is 4.79 Å². The van der Waals surface area contributed by atoms with Crippen LogP contribution in [0.3, 0.4) is 0 Å². The molecule has 0 aliphatic carbocycles. The van der Waals surface area contributed by atoms with Gasteiger partial charge in [-0.15, -0.1) is 0 Å². The molecule has 3 nitrogen and oxygen atoms in total. The highest BCUT2D eigenvalue weighted by Gasteiger charge is 2.35. The van der Waals surface area contributed by atoms with Gasteiger partial charge in [0, 0.05) is 17.5 Å². The van der Waals surface area contributed by atoms with Gasteiger partial charge in [-0.05, 0) is 31.6 Å². The number of piperidine rings is 1. The van der Waals surface area contributed by atoms with Gasteiger partial charge in [0.2, 0.25) is 0 Å². The first-order chi connectivity index (χ1) is 8.63. The minimum absolute atomic E-state index is 0.0916. The van der Waals surface area contributed by atoms with E-state index in [4.69, 9.17) is 16.3 Å². The second-order valence-electron chi connectivity index (χ2n) is 4.81. The topological polar surface area (TPSA) is 29.5 Å². The summed E-state index contributed by atoms with van der Waals surface area (Å²) in [6.07, 6.45) is 0.819. The van der Waals surface area contributed by atoms with Crippen LogP contribution in [0.2, 0.25) is 5.02 Å². The number of ether oxygens (including phenoxy) is 1. The fourth-order valence-corrected chi connectivity index (χ4v) is 2.92. The molecular weight excluding hydrogens is 250 g/mol. The molecule has 1 aromatic carbocycles. The van der Waals surface area contributed by atoms with Gasteiger partial charge in [0.05, 0.1) is 13.0 Å². The first-order valence-electron chi connectivity index (χ1n) is 6.14. The van der Waals surface area contributed by atoms with Gasteiger partial charge >= 0.3 is 5.97 Å². The Morgan fingerprint density at radius 3 is 2.83 bits per heavy atom. The van der Waals surface area contributed by atoms with Crippen LogP contribution in [0, 0.1) is 5.92 Å². The number of rotatable bonds is 2. The van der Waals surface area contributed by atoms with E-state index in [0.29, 0.717) is 0 Å². The van der Waals surface area contributed by atoms with E-state index < -0.39 is 0 Å². The SMILES string of the molecule is COC(=O)C1CCN(C)CC1c1ccccc1Cl. The van der Waals surface area contributed by atoms with Crippen molar-refractivity contribution in [1.82, 2.24) is 4.90 Å². The Bertz CT molecular complexity index is 436. The Kier molecular flexibility index (Phi) is 4.25. The van der Waals surface area contributed by atoms with Gasteiger partial charge in [0.25, 0.3) is 0 Å². The normalized spacial score (nSPS) is 24.8. The fraction of sp³-hybridized carbons (Fsp3) is 0.500. The molecular formula is C14H18ClNO2. The molecule has 98 valence electrons. The maximum atomic E-state index is 11.9. The van der Waals surface area contributed by atoms with E-state index in [1.54, 1.807) is 0 Å². The number of methoxy groups -OCH3 is 1. The summed E-state index contributed by atoms with van der Waals surface area (Å²) in [6.45, 7) is 1.75. The third-order valence-electron chi connectivity index (χ3n) is 3.62. The molecule has 18 heavy (non-hydrogen) atoms. The fourth-order valence-electron chi connectivity index (χ4n) is 2.64. The summed E-state index contributed by atoms with van der Waals surface area (Å²) >= 11 is 6.25. The number of hydrogen-bond acceptors (Lipinski definition) is 3. The van der Waals surface area contributed by atoms with Crippen molar-refractivity contribution in [1.29, 1.82) is 0 Å². The monoisotopic (exact) mass is 267 g/mol. The van der Waals surface area contributed by atoms with Crippen LogP contribution >= 0.6 is 11.6 Å². The van der Waals surface area contributed by atoms with Crippen molar-refractivity contribution in [2.75, 3.05) is 27.2 Å². The van der Waals surface area contributed by atoms with E-state index in [0.717, 1.165) is 30.1 Å². The van der Waals surface area contributed by atoms with Crippen LogP contribution in [0.1, 0.15) is 17.9 Å². The van der Waals surface area contributed by atoms with Crippen LogP contribution in [0.5, 0.6) is 0 Å². The van der Waals surface area contributed by atoms with E-state index in [-0.39, 0.29) is 17.8 Å². The predicted octanol–water partition coefficient (Wildman–Crippen LogP) is 2.55. The summed E-state index contributed by atoms with van der Waals surface area (Å²) in [6, 6.07) is 7.75. The molecule has 0 bridgehead atoms. The van der Waals surface area contributed by atoms with Gasteiger partial charge in [-0.2, -0.15) is 0 Å². The van der Waals surface area contributed by atoms with E-state index >= 15 is 0 Å². The number of likely N-dealkylation sites (N-methyl/N-ethyl adjacent to an activating group) is 1. The van der Waals surface area contributed by atoms with Gasteiger partial charge < -0.3 is 9.64 Å². The highest BCUT2D eigenvalue weighted by Crippen LogP contribution is 2.36. The molecule has 1 aliphatic rings. The quantitative estimate of drug-likeness (QED) is 0.772. The highest BCUT2D eigenvalue weighted by atomic mass is 35.5. The zero-order chi connectivity index (χ0) is 13.1. The van der Waals surface area contributed by atoms with Crippen molar-refractivity contribution in [3.8, 4) is 0 Å². The summed E-state index contributed by atoms with van der Waals surface area (Å²) in [5.74, 6) is -0.107. The lowest BCUT2D eigenvalue weighted by atomic mass is 9.81. The van der Waals surface area contributed by atoms with E-state index in [2.05, 4.69) is 11.9 Å². The molecule has 1 aromatic rings. The molecule has 1 aliphatic heterocycles. The largest absolute Gasteiger partial charge is 0.469 e. The van der Waals surface area contributed by atoms with Gasteiger partial charge in [0.15, 0.2) is 0 Å². The van der Waals surface area contributed by atoms with Crippen LogP contribution < -0.4 is 0 Å². The van der Waals surface area contributed by atoms with Gasteiger partial charge in [-0.1, -0.05) is 29.8 Å². The third kappa shape index (κ3) is 2.68. The maximum Gasteiger partial charge on any atom is 0.309 e. The minimum atomic E-state index is -0.131. The number of nitrogens with zero attached hydrogens (tertiary/aromatic N) is 1. The Hall–Kier alpha value is -1.06. The lowest BCUT2D eigenvalue weighted by molar-refractivity contribution is -0.147. The first-order valence-corrected chi connectivity index (χ1v) is 6.52. The highest BCUT2D eigenvalue weighted by molar-refractivity contribution is 6.31. The Labute approximate surface area is 113 Å². The lowest BCUT2D eigenvalue weighted by Gasteiger charge is -2.35. The van der Waals surface area contributed by atoms with E-state index in [1.165, 1.54) is 7.11 Å². The number of benzene rings is 1. The lowest BCUT2D eigenvalue weighted by Crippen LogP contribution is -2.40. The maximum absolute atomic E-state index is 11.9.